The van der Waals surface area contributed by atoms with Gasteiger partial charge >= 0.3 is 0 Å². The quantitative estimate of drug-likeness (QED) is 0.795. The molecule has 0 saturated heterocycles. The number of hydrogen-bond acceptors (Lipinski definition) is 2. The fourth-order valence-corrected chi connectivity index (χ4v) is 3.18. The summed E-state index contributed by atoms with van der Waals surface area (Å²) in [5.74, 6) is 1.48. The van der Waals surface area contributed by atoms with Crippen molar-refractivity contribution in [1.82, 2.24) is 15.1 Å². The summed E-state index contributed by atoms with van der Waals surface area (Å²) in [4.78, 5) is 0. The minimum Gasteiger partial charge on any atom is -0.313 e. The molecule has 3 heteroatoms. The van der Waals surface area contributed by atoms with E-state index in [9.17, 15) is 0 Å². The van der Waals surface area contributed by atoms with Crippen molar-refractivity contribution in [3.63, 3.8) is 0 Å². The molecule has 0 unspecified atom stereocenters. The van der Waals surface area contributed by atoms with E-state index in [1.165, 1.54) is 49.8 Å². The first-order valence-electron chi connectivity index (χ1n) is 7.90. The second-order valence-electron chi connectivity index (χ2n) is 6.34. The lowest BCUT2D eigenvalue weighted by atomic mass is 9.87. The van der Waals surface area contributed by atoms with Crippen LogP contribution in [0.15, 0.2) is 6.20 Å². The third-order valence-electron chi connectivity index (χ3n) is 4.25. The predicted octanol–water partition coefficient (Wildman–Crippen LogP) is 3.60. The molecule has 1 saturated carbocycles. The Hall–Kier alpha value is -0.830. The Morgan fingerprint density at radius 1 is 1.32 bits per heavy atom. The molecule has 0 spiro atoms. The van der Waals surface area contributed by atoms with E-state index in [0.29, 0.717) is 5.92 Å². The molecule has 1 aliphatic rings. The van der Waals surface area contributed by atoms with Gasteiger partial charge in [0, 0.05) is 25.4 Å². The Kier molecular flexibility index (Phi) is 5.44. The summed E-state index contributed by atoms with van der Waals surface area (Å²) in [6, 6.07) is 0. The molecule has 0 aromatic carbocycles. The molecule has 2 rings (SSSR count). The second kappa shape index (κ2) is 7.09. The van der Waals surface area contributed by atoms with Gasteiger partial charge in [0.2, 0.25) is 0 Å². The van der Waals surface area contributed by atoms with E-state index in [2.05, 4.69) is 30.5 Å². The molecule has 1 aromatic heterocycles. The average molecular weight is 263 g/mol. The lowest BCUT2D eigenvalue weighted by molar-refractivity contribution is 0.334. The molecule has 3 nitrogen and oxygen atoms in total. The summed E-state index contributed by atoms with van der Waals surface area (Å²) in [5, 5.41) is 8.16. The van der Waals surface area contributed by atoms with E-state index in [-0.39, 0.29) is 0 Å². The van der Waals surface area contributed by atoms with Crippen molar-refractivity contribution in [2.75, 3.05) is 6.54 Å². The van der Waals surface area contributed by atoms with E-state index in [0.717, 1.165) is 19.0 Å². The largest absolute Gasteiger partial charge is 0.313 e. The molecule has 1 fully saturated rings. The van der Waals surface area contributed by atoms with Crippen LogP contribution in [-0.2, 0) is 13.6 Å². The summed E-state index contributed by atoms with van der Waals surface area (Å²) in [6.07, 6.45) is 10.8. The normalized spacial score (nSPS) is 17.3. The van der Waals surface area contributed by atoms with Crippen LogP contribution in [-0.4, -0.2) is 16.3 Å². The minimum absolute atomic E-state index is 0.511. The van der Waals surface area contributed by atoms with Crippen molar-refractivity contribution >= 4 is 0 Å². The lowest BCUT2D eigenvalue weighted by Crippen LogP contribution is -2.19. The third kappa shape index (κ3) is 4.34. The molecule has 0 amide bonds. The van der Waals surface area contributed by atoms with Crippen molar-refractivity contribution < 1.29 is 0 Å². The van der Waals surface area contributed by atoms with E-state index in [1.807, 2.05) is 11.7 Å². The predicted molar refractivity (Wildman–Crippen MR) is 80.2 cm³/mol. The molecule has 1 aliphatic carbocycles. The zero-order valence-electron chi connectivity index (χ0n) is 12.8. The highest BCUT2D eigenvalue weighted by Gasteiger charge is 2.13. The van der Waals surface area contributed by atoms with Crippen molar-refractivity contribution in [3.8, 4) is 0 Å². The highest BCUT2D eigenvalue weighted by atomic mass is 15.3. The first-order valence-corrected chi connectivity index (χ1v) is 7.90. The van der Waals surface area contributed by atoms with Crippen LogP contribution in [0.25, 0.3) is 0 Å². The van der Waals surface area contributed by atoms with Gasteiger partial charge in [-0.15, -0.1) is 0 Å². The van der Waals surface area contributed by atoms with Gasteiger partial charge in [-0.2, -0.15) is 5.10 Å². The van der Waals surface area contributed by atoms with Crippen LogP contribution in [0.4, 0.5) is 0 Å². The highest BCUT2D eigenvalue weighted by molar-refractivity contribution is 5.19. The maximum absolute atomic E-state index is 4.56. The number of aromatic nitrogens is 2. The molecule has 19 heavy (non-hydrogen) atoms. The van der Waals surface area contributed by atoms with Gasteiger partial charge in [0.25, 0.3) is 0 Å². The summed E-state index contributed by atoms with van der Waals surface area (Å²) < 4.78 is 1.94. The number of nitrogens with one attached hydrogen (secondary N) is 1. The SMILES string of the molecule is CC(C)c1nn(C)cc1CNCCC1CCCCC1. The average Bonchev–Trinajstić information content (AvgIpc) is 2.77. The number of rotatable bonds is 6. The fourth-order valence-electron chi connectivity index (χ4n) is 3.18. The van der Waals surface area contributed by atoms with E-state index in [1.54, 1.807) is 0 Å². The number of aryl methyl sites for hydroxylation is 1. The van der Waals surface area contributed by atoms with E-state index < -0.39 is 0 Å². The molecule has 1 N–H and O–H groups in total. The van der Waals surface area contributed by atoms with Crippen LogP contribution >= 0.6 is 0 Å². The monoisotopic (exact) mass is 263 g/mol. The fraction of sp³-hybridized carbons (Fsp3) is 0.812. The topological polar surface area (TPSA) is 29.9 Å². The maximum Gasteiger partial charge on any atom is 0.0694 e. The van der Waals surface area contributed by atoms with Crippen molar-refractivity contribution in [3.05, 3.63) is 17.5 Å². The van der Waals surface area contributed by atoms with Crippen molar-refractivity contribution in [2.24, 2.45) is 13.0 Å². The van der Waals surface area contributed by atoms with Crippen LogP contribution in [0.3, 0.4) is 0 Å². The van der Waals surface area contributed by atoms with Gasteiger partial charge in [0.1, 0.15) is 0 Å². The van der Waals surface area contributed by atoms with Crippen LogP contribution < -0.4 is 5.32 Å². The molecular formula is C16H29N3. The Morgan fingerprint density at radius 2 is 2.05 bits per heavy atom. The minimum atomic E-state index is 0.511. The number of nitrogens with zero attached hydrogens (tertiary/aromatic N) is 2. The van der Waals surface area contributed by atoms with Crippen molar-refractivity contribution in [1.29, 1.82) is 0 Å². The standard InChI is InChI=1S/C16H29N3/c1-13(2)16-15(12-19(3)18-16)11-17-10-9-14-7-5-4-6-8-14/h12-14,17H,4-11H2,1-3H3. The van der Waals surface area contributed by atoms with E-state index in [4.69, 9.17) is 0 Å². The van der Waals surface area contributed by atoms with E-state index >= 15 is 0 Å². The van der Waals surface area contributed by atoms with Crippen LogP contribution in [0.2, 0.25) is 0 Å². The molecule has 0 atom stereocenters. The van der Waals surface area contributed by atoms with Gasteiger partial charge in [-0.1, -0.05) is 46.0 Å². The van der Waals surface area contributed by atoms with Gasteiger partial charge in [0.05, 0.1) is 5.69 Å². The Labute approximate surface area is 117 Å². The summed E-state index contributed by atoms with van der Waals surface area (Å²) in [6.45, 7) is 6.55. The Morgan fingerprint density at radius 3 is 2.74 bits per heavy atom. The first-order chi connectivity index (χ1) is 9.16. The molecule has 1 aromatic rings. The summed E-state index contributed by atoms with van der Waals surface area (Å²) in [7, 11) is 2.01. The van der Waals surface area contributed by atoms with Crippen LogP contribution in [0.5, 0.6) is 0 Å². The number of hydrogen-bond donors (Lipinski definition) is 1. The Bertz CT molecular complexity index is 375. The third-order valence-corrected chi connectivity index (χ3v) is 4.25. The lowest BCUT2D eigenvalue weighted by Gasteiger charge is -2.21. The Balaban J connectivity index is 1.73. The summed E-state index contributed by atoms with van der Waals surface area (Å²) in [5.41, 5.74) is 2.61. The molecule has 1 heterocycles. The molecular weight excluding hydrogens is 234 g/mol. The second-order valence-corrected chi connectivity index (χ2v) is 6.34. The maximum atomic E-state index is 4.56. The van der Waals surface area contributed by atoms with Gasteiger partial charge in [0.15, 0.2) is 0 Å². The molecule has 108 valence electrons. The van der Waals surface area contributed by atoms with Crippen LogP contribution in [0.1, 0.15) is 69.5 Å². The van der Waals surface area contributed by atoms with Gasteiger partial charge in [-0.25, -0.2) is 0 Å². The summed E-state index contributed by atoms with van der Waals surface area (Å²) >= 11 is 0. The van der Waals surface area contributed by atoms with Crippen LogP contribution in [0, 0.1) is 5.92 Å². The van der Waals surface area contributed by atoms with Crippen molar-refractivity contribution in [2.45, 2.75) is 64.8 Å². The van der Waals surface area contributed by atoms with Gasteiger partial charge < -0.3 is 5.32 Å². The molecule has 0 aliphatic heterocycles. The van der Waals surface area contributed by atoms with Gasteiger partial charge in [-0.05, 0) is 24.8 Å². The zero-order chi connectivity index (χ0) is 13.7. The van der Waals surface area contributed by atoms with Gasteiger partial charge in [-0.3, -0.25) is 4.68 Å². The zero-order valence-corrected chi connectivity index (χ0v) is 12.8. The first kappa shape index (κ1) is 14.6. The smallest absolute Gasteiger partial charge is 0.0694 e. The molecule has 0 radical (unpaired) electrons. The highest BCUT2D eigenvalue weighted by Crippen LogP contribution is 2.25. The molecule has 0 bridgehead atoms.